The smallest absolute Gasteiger partial charge is 0.144 e. The van der Waals surface area contributed by atoms with Crippen LogP contribution in [-0.4, -0.2) is 4.98 Å². The molecule has 0 saturated heterocycles. The number of pyridine rings is 1. The van der Waals surface area contributed by atoms with E-state index in [4.69, 9.17) is 0 Å². The maximum Gasteiger partial charge on any atom is 0.144 e. The van der Waals surface area contributed by atoms with Crippen LogP contribution in [0.2, 0.25) is 0 Å². The first-order valence-electron chi connectivity index (χ1n) is 5.21. The predicted molar refractivity (Wildman–Crippen MR) is 78.8 cm³/mol. The first kappa shape index (κ1) is 12.6. The molecule has 1 aromatic heterocycles. The highest BCUT2D eigenvalue weighted by molar-refractivity contribution is 9.11. The number of anilines is 2. The first-order valence-corrected chi connectivity index (χ1v) is 6.80. The largest absolute Gasteiger partial charge is 0.338 e. The van der Waals surface area contributed by atoms with Gasteiger partial charge in [0.2, 0.25) is 0 Å². The van der Waals surface area contributed by atoms with Crippen molar-refractivity contribution in [2.75, 3.05) is 5.32 Å². The number of hydrogen-bond acceptors (Lipinski definition) is 2. The molecule has 0 aliphatic carbocycles. The van der Waals surface area contributed by atoms with E-state index in [0.29, 0.717) is 0 Å². The van der Waals surface area contributed by atoms with E-state index in [2.05, 4.69) is 61.2 Å². The van der Waals surface area contributed by atoms with E-state index < -0.39 is 0 Å². The maximum absolute atomic E-state index is 4.36. The van der Waals surface area contributed by atoms with Crippen molar-refractivity contribution in [3.8, 4) is 0 Å². The number of nitrogens with zero attached hydrogens (tertiary/aromatic N) is 1. The van der Waals surface area contributed by atoms with Crippen molar-refractivity contribution in [3.63, 3.8) is 0 Å². The van der Waals surface area contributed by atoms with Crippen molar-refractivity contribution in [1.82, 2.24) is 4.98 Å². The van der Waals surface area contributed by atoms with Crippen LogP contribution < -0.4 is 5.32 Å². The number of aromatic nitrogens is 1. The molecule has 2 aromatic rings. The van der Waals surface area contributed by atoms with Gasteiger partial charge in [-0.3, -0.25) is 0 Å². The number of benzene rings is 1. The van der Waals surface area contributed by atoms with Crippen molar-refractivity contribution in [1.29, 1.82) is 0 Å². The molecule has 1 N–H and O–H groups in total. The highest BCUT2D eigenvalue weighted by Crippen LogP contribution is 2.29. The van der Waals surface area contributed by atoms with Gasteiger partial charge in [-0.05, 0) is 75.0 Å². The van der Waals surface area contributed by atoms with E-state index in [9.17, 15) is 0 Å². The quantitative estimate of drug-likeness (QED) is 0.822. The minimum atomic E-state index is 0.820. The lowest BCUT2D eigenvalue weighted by Crippen LogP contribution is -1.96. The van der Waals surface area contributed by atoms with Crippen LogP contribution in [-0.2, 0) is 0 Å². The molecule has 0 bridgehead atoms. The molecule has 0 aliphatic heterocycles. The van der Waals surface area contributed by atoms with Crippen LogP contribution in [0.25, 0.3) is 0 Å². The molecule has 0 spiro atoms. The topological polar surface area (TPSA) is 24.9 Å². The van der Waals surface area contributed by atoms with Crippen LogP contribution in [0.4, 0.5) is 11.5 Å². The summed E-state index contributed by atoms with van der Waals surface area (Å²) in [5.74, 6) is 0.820. The van der Waals surface area contributed by atoms with Gasteiger partial charge in [0, 0.05) is 10.7 Å². The third-order valence-electron chi connectivity index (χ3n) is 2.36. The van der Waals surface area contributed by atoms with Crippen LogP contribution >= 0.6 is 31.9 Å². The fourth-order valence-electron chi connectivity index (χ4n) is 1.47. The Morgan fingerprint density at radius 2 is 1.71 bits per heavy atom. The standard InChI is InChI=1S/C13H12Br2N2/c1-8-3-4-12(10(14)5-8)17-13-11(15)6-9(2)7-16-13/h3-7H,1-2H3,(H,16,17). The molecule has 0 amide bonds. The summed E-state index contributed by atoms with van der Waals surface area (Å²) in [5, 5.41) is 3.29. The van der Waals surface area contributed by atoms with Gasteiger partial charge in [-0.15, -0.1) is 0 Å². The summed E-state index contributed by atoms with van der Waals surface area (Å²) in [6.07, 6.45) is 1.84. The van der Waals surface area contributed by atoms with Gasteiger partial charge in [-0.1, -0.05) is 6.07 Å². The van der Waals surface area contributed by atoms with Gasteiger partial charge >= 0.3 is 0 Å². The van der Waals surface area contributed by atoms with E-state index in [1.165, 1.54) is 5.56 Å². The lowest BCUT2D eigenvalue weighted by atomic mass is 10.2. The maximum atomic E-state index is 4.36. The summed E-state index contributed by atoms with van der Waals surface area (Å²) in [5.41, 5.74) is 3.36. The fraction of sp³-hybridized carbons (Fsp3) is 0.154. The molecule has 0 atom stereocenters. The average Bonchev–Trinajstić information content (AvgIpc) is 2.25. The van der Waals surface area contributed by atoms with Gasteiger partial charge in [0.05, 0.1) is 10.2 Å². The summed E-state index contributed by atoms with van der Waals surface area (Å²) >= 11 is 7.04. The minimum Gasteiger partial charge on any atom is -0.338 e. The third kappa shape index (κ3) is 3.07. The normalized spacial score (nSPS) is 10.4. The minimum absolute atomic E-state index is 0.820. The average molecular weight is 356 g/mol. The van der Waals surface area contributed by atoms with Crippen LogP contribution in [0.3, 0.4) is 0 Å². The zero-order valence-corrected chi connectivity index (χ0v) is 12.8. The molecular weight excluding hydrogens is 344 g/mol. The molecule has 88 valence electrons. The van der Waals surface area contributed by atoms with Crippen molar-refractivity contribution in [2.24, 2.45) is 0 Å². The highest BCUT2D eigenvalue weighted by Gasteiger charge is 2.05. The van der Waals surface area contributed by atoms with E-state index >= 15 is 0 Å². The second-order valence-corrected chi connectivity index (χ2v) is 5.66. The lowest BCUT2D eigenvalue weighted by Gasteiger charge is -2.10. The Morgan fingerprint density at radius 3 is 2.35 bits per heavy atom. The Bertz CT molecular complexity index is 504. The number of nitrogens with one attached hydrogen (secondary N) is 1. The summed E-state index contributed by atoms with van der Waals surface area (Å²) in [4.78, 5) is 4.36. The van der Waals surface area contributed by atoms with Crippen LogP contribution in [0.1, 0.15) is 11.1 Å². The zero-order chi connectivity index (χ0) is 12.4. The van der Waals surface area contributed by atoms with Crippen molar-refractivity contribution in [3.05, 3.63) is 50.5 Å². The summed E-state index contributed by atoms with van der Waals surface area (Å²) in [7, 11) is 0. The molecule has 0 fully saturated rings. The Kier molecular flexibility index (Phi) is 3.84. The van der Waals surface area contributed by atoms with Crippen molar-refractivity contribution >= 4 is 43.4 Å². The van der Waals surface area contributed by atoms with Gasteiger partial charge < -0.3 is 5.32 Å². The van der Waals surface area contributed by atoms with E-state index in [1.54, 1.807) is 0 Å². The molecule has 4 heteroatoms. The van der Waals surface area contributed by atoms with Crippen molar-refractivity contribution in [2.45, 2.75) is 13.8 Å². The fourth-order valence-corrected chi connectivity index (χ4v) is 2.63. The molecule has 2 rings (SSSR count). The molecular formula is C13H12Br2N2. The monoisotopic (exact) mass is 354 g/mol. The van der Waals surface area contributed by atoms with Gasteiger partial charge in [-0.25, -0.2) is 4.98 Å². The SMILES string of the molecule is Cc1ccc(Nc2ncc(C)cc2Br)c(Br)c1. The van der Waals surface area contributed by atoms with Crippen LogP contribution in [0.5, 0.6) is 0 Å². The molecule has 17 heavy (non-hydrogen) atoms. The second kappa shape index (κ2) is 5.19. The molecule has 0 aliphatic rings. The van der Waals surface area contributed by atoms with Gasteiger partial charge in [0.25, 0.3) is 0 Å². The zero-order valence-electron chi connectivity index (χ0n) is 9.59. The summed E-state index contributed by atoms with van der Waals surface area (Å²) in [6.45, 7) is 4.08. The lowest BCUT2D eigenvalue weighted by molar-refractivity contribution is 1.24. The second-order valence-electron chi connectivity index (χ2n) is 3.95. The molecule has 0 radical (unpaired) electrons. The van der Waals surface area contributed by atoms with E-state index in [1.807, 2.05) is 25.3 Å². The van der Waals surface area contributed by atoms with Crippen molar-refractivity contribution < 1.29 is 0 Å². The summed E-state index contributed by atoms with van der Waals surface area (Å²) in [6, 6.07) is 8.21. The van der Waals surface area contributed by atoms with Gasteiger partial charge in [0.15, 0.2) is 0 Å². The number of halogens is 2. The Hall–Kier alpha value is -0.870. The highest BCUT2D eigenvalue weighted by atomic mass is 79.9. The molecule has 2 nitrogen and oxygen atoms in total. The van der Waals surface area contributed by atoms with E-state index in [-0.39, 0.29) is 0 Å². The Morgan fingerprint density at radius 1 is 1.00 bits per heavy atom. The number of rotatable bonds is 2. The summed E-state index contributed by atoms with van der Waals surface area (Å²) < 4.78 is 2.00. The molecule has 1 aromatic carbocycles. The van der Waals surface area contributed by atoms with Crippen LogP contribution in [0, 0.1) is 13.8 Å². The van der Waals surface area contributed by atoms with Gasteiger partial charge in [-0.2, -0.15) is 0 Å². The molecule has 1 heterocycles. The Labute approximate surface area is 118 Å². The Balaban J connectivity index is 2.31. The van der Waals surface area contributed by atoms with Crippen LogP contribution in [0.15, 0.2) is 39.4 Å². The third-order valence-corrected chi connectivity index (χ3v) is 3.62. The number of hydrogen-bond donors (Lipinski definition) is 1. The molecule has 0 unspecified atom stereocenters. The number of aryl methyl sites for hydroxylation is 2. The molecule has 0 saturated carbocycles. The predicted octanol–water partition coefficient (Wildman–Crippen LogP) is 4.97. The van der Waals surface area contributed by atoms with E-state index in [0.717, 1.165) is 26.0 Å². The first-order chi connectivity index (χ1) is 8.06. The van der Waals surface area contributed by atoms with Gasteiger partial charge in [0.1, 0.15) is 5.82 Å².